The second-order valence-corrected chi connectivity index (χ2v) is 3.82. The van der Waals surface area contributed by atoms with Gasteiger partial charge in [0.1, 0.15) is 0 Å². The second-order valence-electron chi connectivity index (χ2n) is 3.82. The summed E-state index contributed by atoms with van der Waals surface area (Å²) in [6.45, 7) is 1.50. The highest BCUT2D eigenvalue weighted by Crippen LogP contribution is 2.25. The fourth-order valence-electron chi connectivity index (χ4n) is 1.68. The van der Waals surface area contributed by atoms with Crippen LogP contribution in [0.15, 0.2) is 30.3 Å². The summed E-state index contributed by atoms with van der Waals surface area (Å²) in [7, 11) is 1.28. The lowest BCUT2D eigenvalue weighted by atomic mass is 9.90. The van der Waals surface area contributed by atoms with Gasteiger partial charge in [0.25, 0.3) is 0 Å². The third-order valence-electron chi connectivity index (χ3n) is 2.76. The Kier molecular flexibility index (Phi) is 4.63. The summed E-state index contributed by atoms with van der Waals surface area (Å²) in [5, 5.41) is 10.8. The van der Waals surface area contributed by atoms with Crippen molar-refractivity contribution in [2.24, 2.45) is 0 Å². The molecule has 0 bridgehead atoms. The van der Waals surface area contributed by atoms with Crippen LogP contribution < -0.4 is 0 Å². The molecule has 92 valence electrons. The lowest BCUT2D eigenvalue weighted by molar-refractivity contribution is -0.522. The summed E-state index contributed by atoms with van der Waals surface area (Å²) < 4.78 is 4.57. The molecule has 1 rings (SSSR count). The zero-order valence-electron chi connectivity index (χ0n) is 9.83. The molecular weight excluding hydrogens is 222 g/mol. The van der Waals surface area contributed by atoms with Crippen LogP contribution in [0.4, 0.5) is 0 Å². The maximum Gasteiger partial charge on any atom is 0.306 e. The van der Waals surface area contributed by atoms with Gasteiger partial charge in [0.05, 0.1) is 19.4 Å². The Morgan fingerprint density at radius 1 is 1.41 bits per heavy atom. The third kappa shape index (κ3) is 3.55. The summed E-state index contributed by atoms with van der Waals surface area (Å²) in [5.74, 6) is -0.897. The van der Waals surface area contributed by atoms with Gasteiger partial charge in [-0.2, -0.15) is 0 Å². The maximum absolute atomic E-state index is 11.3. The second kappa shape index (κ2) is 5.98. The van der Waals surface area contributed by atoms with E-state index in [0.717, 1.165) is 5.56 Å². The molecule has 0 saturated carbocycles. The minimum atomic E-state index is -0.823. The van der Waals surface area contributed by atoms with Crippen molar-refractivity contribution in [3.8, 4) is 0 Å². The number of methoxy groups -OCH3 is 1. The monoisotopic (exact) mass is 237 g/mol. The maximum atomic E-state index is 11.3. The van der Waals surface area contributed by atoms with Gasteiger partial charge < -0.3 is 4.74 Å². The Morgan fingerprint density at radius 2 is 2.00 bits per heavy atom. The van der Waals surface area contributed by atoms with Gasteiger partial charge in [-0.3, -0.25) is 14.9 Å². The van der Waals surface area contributed by atoms with Crippen LogP contribution in [-0.2, 0) is 9.53 Å². The van der Waals surface area contributed by atoms with Crippen molar-refractivity contribution in [1.82, 2.24) is 0 Å². The highest BCUT2D eigenvalue weighted by molar-refractivity contribution is 5.70. The van der Waals surface area contributed by atoms with Gasteiger partial charge >= 0.3 is 5.97 Å². The number of benzene rings is 1. The normalized spacial score (nSPS) is 13.8. The third-order valence-corrected chi connectivity index (χ3v) is 2.76. The Bertz CT molecular complexity index is 391. The Labute approximate surface area is 99.5 Å². The zero-order chi connectivity index (χ0) is 12.8. The van der Waals surface area contributed by atoms with Crippen molar-refractivity contribution in [2.75, 3.05) is 7.11 Å². The van der Waals surface area contributed by atoms with Crippen molar-refractivity contribution in [3.05, 3.63) is 46.0 Å². The number of esters is 1. The summed E-state index contributed by atoms with van der Waals surface area (Å²) >= 11 is 0. The average molecular weight is 237 g/mol. The number of carbonyl (C=O) groups is 1. The first-order valence-electron chi connectivity index (χ1n) is 5.31. The Hall–Kier alpha value is -1.91. The van der Waals surface area contributed by atoms with E-state index in [4.69, 9.17) is 0 Å². The number of ether oxygens (including phenoxy) is 1. The largest absolute Gasteiger partial charge is 0.469 e. The van der Waals surface area contributed by atoms with E-state index < -0.39 is 17.9 Å². The zero-order valence-corrected chi connectivity index (χ0v) is 9.83. The predicted octanol–water partition coefficient (Wildman–Crippen LogP) is 2.00. The van der Waals surface area contributed by atoms with Crippen molar-refractivity contribution < 1.29 is 14.5 Å². The van der Waals surface area contributed by atoms with E-state index in [9.17, 15) is 14.9 Å². The number of carbonyl (C=O) groups excluding carboxylic acids is 1. The molecule has 0 aliphatic rings. The van der Waals surface area contributed by atoms with E-state index in [2.05, 4.69) is 4.74 Å². The molecule has 0 saturated heterocycles. The van der Waals surface area contributed by atoms with Crippen molar-refractivity contribution in [3.63, 3.8) is 0 Å². The molecule has 0 spiro atoms. The first-order valence-corrected chi connectivity index (χ1v) is 5.31. The van der Waals surface area contributed by atoms with Crippen LogP contribution in [0.3, 0.4) is 0 Å². The molecule has 1 aromatic rings. The fraction of sp³-hybridized carbons (Fsp3) is 0.417. The van der Waals surface area contributed by atoms with Crippen LogP contribution in [0, 0.1) is 10.1 Å². The Balaban J connectivity index is 2.94. The standard InChI is InChI=1S/C12H15NO4/c1-9(13(15)16)11(8-12(14)17-2)10-6-4-3-5-7-10/h3-7,9,11H,8H2,1-2H3/t9-,11+/m1/s1. The van der Waals surface area contributed by atoms with Crippen LogP contribution in [0.2, 0.25) is 0 Å². The highest BCUT2D eigenvalue weighted by Gasteiger charge is 2.30. The minimum absolute atomic E-state index is 0.0165. The molecule has 0 heterocycles. The molecule has 0 aliphatic heterocycles. The van der Waals surface area contributed by atoms with E-state index in [1.54, 1.807) is 24.3 Å². The summed E-state index contributed by atoms with van der Waals surface area (Å²) in [5.41, 5.74) is 0.780. The summed E-state index contributed by atoms with van der Waals surface area (Å²) in [6, 6.07) is 8.17. The molecule has 1 aromatic carbocycles. The van der Waals surface area contributed by atoms with Crippen LogP contribution in [0.1, 0.15) is 24.8 Å². The summed E-state index contributed by atoms with van der Waals surface area (Å²) in [6.07, 6.45) is 0.0165. The van der Waals surface area contributed by atoms with Gasteiger partial charge in [0.2, 0.25) is 6.04 Å². The van der Waals surface area contributed by atoms with Gasteiger partial charge in [0.15, 0.2) is 0 Å². The minimum Gasteiger partial charge on any atom is -0.469 e. The quantitative estimate of drug-likeness (QED) is 0.446. The predicted molar refractivity (Wildman–Crippen MR) is 62.3 cm³/mol. The van der Waals surface area contributed by atoms with Gasteiger partial charge in [-0.05, 0) is 5.56 Å². The van der Waals surface area contributed by atoms with Crippen LogP contribution in [0.25, 0.3) is 0 Å². The van der Waals surface area contributed by atoms with E-state index in [0.29, 0.717) is 0 Å². The van der Waals surface area contributed by atoms with E-state index in [1.165, 1.54) is 14.0 Å². The molecule has 0 aromatic heterocycles. The first kappa shape index (κ1) is 13.2. The topological polar surface area (TPSA) is 69.4 Å². The molecule has 5 heteroatoms. The average Bonchev–Trinajstić information content (AvgIpc) is 2.35. The van der Waals surface area contributed by atoms with Gasteiger partial charge in [0, 0.05) is 11.8 Å². The van der Waals surface area contributed by atoms with E-state index in [1.807, 2.05) is 6.07 Å². The SMILES string of the molecule is COC(=O)C[C@H](c1ccccc1)[C@@H](C)[N+](=O)[O-]. The molecule has 0 fully saturated rings. The lowest BCUT2D eigenvalue weighted by Crippen LogP contribution is -2.26. The molecule has 2 atom stereocenters. The molecule has 17 heavy (non-hydrogen) atoms. The van der Waals surface area contributed by atoms with Gasteiger partial charge in [-0.25, -0.2) is 0 Å². The molecule has 0 unspecified atom stereocenters. The molecule has 5 nitrogen and oxygen atoms in total. The van der Waals surface area contributed by atoms with Crippen LogP contribution in [0.5, 0.6) is 0 Å². The number of nitro groups is 1. The van der Waals surface area contributed by atoms with Gasteiger partial charge in [-0.15, -0.1) is 0 Å². The van der Waals surface area contributed by atoms with E-state index in [-0.39, 0.29) is 11.3 Å². The lowest BCUT2D eigenvalue weighted by Gasteiger charge is -2.17. The molecule has 0 aliphatic carbocycles. The van der Waals surface area contributed by atoms with E-state index >= 15 is 0 Å². The summed E-state index contributed by atoms with van der Waals surface area (Å²) in [4.78, 5) is 21.7. The fourth-order valence-corrected chi connectivity index (χ4v) is 1.68. The van der Waals surface area contributed by atoms with Crippen LogP contribution >= 0.6 is 0 Å². The molecule has 0 N–H and O–H groups in total. The smallest absolute Gasteiger partial charge is 0.306 e. The first-order chi connectivity index (χ1) is 8.06. The van der Waals surface area contributed by atoms with Crippen LogP contribution in [-0.4, -0.2) is 24.0 Å². The number of rotatable bonds is 5. The Morgan fingerprint density at radius 3 is 2.47 bits per heavy atom. The highest BCUT2D eigenvalue weighted by atomic mass is 16.6. The van der Waals surface area contributed by atoms with Crippen molar-refractivity contribution in [1.29, 1.82) is 0 Å². The molecule has 0 amide bonds. The molecular formula is C12H15NO4. The van der Waals surface area contributed by atoms with Crippen molar-refractivity contribution >= 4 is 5.97 Å². The number of nitrogens with zero attached hydrogens (tertiary/aromatic N) is 1. The van der Waals surface area contributed by atoms with Gasteiger partial charge in [-0.1, -0.05) is 30.3 Å². The molecule has 0 radical (unpaired) electrons. The number of hydrogen-bond acceptors (Lipinski definition) is 4. The number of hydrogen-bond donors (Lipinski definition) is 0. The van der Waals surface area contributed by atoms with Crippen molar-refractivity contribution in [2.45, 2.75) is 25.3 Å².